The summed E-state index contributed by atoms with van der Waals surface area (Å²) in [6.07, 6.45) is 3.53. The van der Waals surface area contributed by atoms with Gasteiger partial charge in [-0.25, -0.2) is 4.39 Å². The first-order chi connectivity index (χ1) is 12.6. The van der Waals surface area contributed by atoms with Crippen molar-refractivity contribution < 1.29 is 14.3 Å². The van der Waals surface area contributed by atoms with Gasteiger partial charge in [0.15, 0.2) is 5.78 Å². The van der Waals surface area contributed by atoms with E-state index >= 15 is 0 Å². The van der Waals surface area contributed by atoms with E-state index in [0.29, 0.717) is 5.78 Å². The molecule has 3 aliphatic carbocycles. The van der Waals surface area contributed by atoms with E-state index in [1.54, 1.807) is 6.07 Å². The van der Waals surface area contributed by atoms with Crippen LogP contribution in [-0.2, 0) is 6.42 Å². The Labute approximate surface area is 153 Å². The first kappa shape index (κ1) is 17.4. The van der Waals surface area contributed by atoms with E-state index in [1.807, 2.05) is 24.3 Å². The number of Topliss-reactive ketones (excluding diaryl/α,β-unsaturated/α-hetero) is 1. The zero-order chi connectivity index (χ0) is 18.1. The minimum atomic E-state index is -0.140. The molecule has 3 nitrogen and oxygen atoms in total. The number of likely N-dealkylation sites (tertiary alicyclic amines) is 1. The fourth-order valence-electron chi connectivity index (χ4n) is 3.96. The fourth-order valence-corrected chi connectivity index (χ4v) is 3.96. The molecule has 0 saturated carbocycles. The number of fused-ring (bicyclic) bond motifs is 2. The Balaban J connectivity index is 0.000000198. The summed E-state index contributed by atoms with van der Waals surface area (Å²) < 4.78 is 12.1. The summed E-state index contributed by atoms with van der Waals surface area (Å²) >= 11 is 0. The van der Waals surface area contributed by atoms with E-state index in [9.17, 15) is 14.3 Å². The van der Waals surface area contributed by atoms with E-state index in [0.717, 1.165) is 62.0 Å². The molecule has 1 N–H and O–H groups in total. The summed E-state index contributed by atoms with van der Waals surface area (Å²) in [6, 6.07) is 13.1. The number of halogens is 1. The van der Waals surface area contributed by atoms with Crippen LogP contribution in [-0.4, -0.2) is 41.5 Å². The molecule has 1 aromatic rings. The summed E-state index contributed by atoms with van der Waals surface area (Å²) in [5.74, 6) is 0.383. The van der Waals surface area contributed by atoms with E-state index in [1.165, 1.54) is 11.6 Å². The monoisotopic (exact) mass is 353 g/mol. The molecule has 1 fully saturated rings. The lowest BCUT2D eigenvalue weighted by Crippen LogP contribution is -2.41. The van der Waals surface area contributed by atoms with Gasteiger partial charge in [0.05, 0.1) is 6.10 Å². The van der Waals surface area contributed by atoms with Crippen LogP contribution in [0.1, 0.15) is 35.2 Å². The number of aliphatic hydroxyl groups excluding tert-OH is 1. The molecule has 0 amide bonds. The maximum atomic E-state index is 12.5. The molecule has 1 unspecified atom stereocenters. The number of carbonyl (C=O) groups excluding carboxylic acids is 1. The van der Waals surface area contributed by atoms with E-state index in [-0.39, 0.29) is 17.8 Å². The zero-order valence-corrected chi connectivity index (χ0v) is 14.8. The molecule has 1 atom stereocenters. The average molecular weight is 353 g/mol. The maximum Gasteiger partial charge on any atom is 0.167 e. The zero-order valence-electron chi connectivity index (χ0n) is 14.8. The normalized spacial score (nSPS) is 21.6. The van der Waals surface area contributed by atoms with E-state index < -0.39 is 0 Å². The lowest BCUT2D eigenvalue weighted by atomic mass is 9.82. The lowest BCUT2D eigenvalue weighted by molar-refractivity contribution is 0.0659. The average Bonchev–Trinajstić information content (AvgIpc) is 3.37. The number of aryl methyl sites for hydroxylation is 1. The molecule has 1 saturated heterocycles. The molecule has 4 aliphatic rings. The number of carbonyl (C=O) groups is 1. The highest BCUT2D eigenvalue weighted by Gasteiger charge is 2.29. The first-order valence-corrected chi connectivity index (χ1v) is 9.44. The largest absolute Gasteiger partial charge is 0.393 e. The van der Waals surface area contributed by atoms with Crippen molar-refractivity contribution in [3.63, 3.8) is 0 Å². The van der Waals surface area contributed by atoms with Crippen LogP contribution >= 0.6 is 0 Å². The molecule has 1 aliphatic heterocycles. The van der Waals surface area contributed by atoms with E-state index in [4.69, 9.17) is 0 Å². The number of nitrogens with zero attached hydrogens (tertiary/aromatic N) is 1. The number of ketones is 1. The Morgan fingerprint density at radius 2 is 1.81 bits per heavy atom. The molecular formula is C22H24FNO2. The van der Waals surface area contributed by atoms with Gasteiger partial charge in [-0.1, -0.05) is 30.3 Å². The van der Waals surface area contributed by atoms with Crippen molar-refractivity contribution in [1.29, 1.82) is 0 Å². The molecule has 5 rings (SSSR count). The van der Waals surface area contributed by atoms with Crippen molar-refractivity contribution in [1.82, 2.24) is 4.90 Å². The molecule has 26 heavy (non-hydrogen) atoms. The van der Waals surface area contributed by atoms with Gasteiger partial charge in [-0.3, -0.25) is 4.79 Å². The van der Waals surface area contributed by atoms with Crippen LogP contribution in [0.5, 0.6) is 0 Å². The Hall–Kier alpha value is -2.04. The van der Waals surface area contributed by atoms with Crippen molar-refractivity contribution in [2.45, 2.75) is 31.8 Å². The molecule has 0 bridgehead atoms. The quantitative estimate of drug-likeness (QED) is 0.764. The Bertz CT molecular complexity index is 812. The topological polar surface area (TPSA) is 40.5 Å². The van der Waals surface area contributed by atoms with Gasteiger partial charge in [0.1, 0.15) is 5.82 Å². The Morgan fingerprint density at radius 1 is 1.04 bits per heavy atom. The predicted octanol–water partition coefficient (Wildman–Crippen LogP) is 3.69. The van der Waals surface area contributed by atoms with Crippen LogP contribution in [0.4, 0.5) is 4.39 Å². The van der Waals surface area contributed by atoms with Gasteiger partial charge in [0.2, 0.25) is 0 Å². The molecule has 1 aromatic carbocycles. The van der Waals surface area contributed by atoms with Gasteiger partial charge in [-0.05, 0) is 48.9 Å². The van der Waals surface area contributed by atoms with Crippen molar-refractivity contribution in [2.75, 3.05) is 19.6 Å². The molecule has 1 heterocycles. The van der Waals surface area contributed by atoms with Crippen LogP contribution in [0.15, 0.2) is 42.5 Å². The third kappa shape index (κ3) is 3.71. The van der Waals surface area contributed by atoms with Crippen molar-refractivity contribution in [3.05, 3.63) is 59.4 Å². The number of hydrogen-bond acceptors (Lipinski definition) is 3. The molecule has 0 radical (unpaired) electrons. The number of hydrogen-bond donors (Lipinski definition) is 1. The first-order valence-electron chi connectivity index (χ1n) is 9.44. The second kappa shape index (κ2) is 7.29. The third-order valence-corrected chi connectivity index (χ3v) is 5.65. The predicted molar refractivity (Wildman–Crippen MR) is 99.7 cm³/mol. The Morgan fingerprint density at radius 3 is 2.42 bits per heavy atom. The maximum absolute atomic E-state index is 12.5. The Kier molecular flexibility index (Phi) is 4.88. The highest BCUT2D eigenvalue weighted by atomic mass is 19.1. The number of rotatable bonds is 2. The SMILES string of the molecule is Fc1ccc2cc1-2.O=C1c2ccccc2CCC1CN1CCC(O)CC1. The van der Waals surface area contributed by atoms with Gasteiger partial charge < -0.3 is 10.0 Å². The third-order valence-electron chi connectivity index (χ3n) is 5.65. The smallest absolute Gasteiger partial charge is 0.167 e. The van der Waals surface area contributed by atoms with Gasteiger partial charge in [0, 0.05) is 36.7 Å². The van der Waals surface area contributed by atoms with Crippen LogP contribution in [0.2, 0.25) is 0 Å². The van der Waals surface area contributed by atoms with E-state index in [2.05, 4.69) is 11.0 Å². The highest BCUT2D eigenvalue weighted by Crippen LogP contribution is 2.36. The molecule has 0 aromatic heterocycles. The molecule has 0 spiro atoms. The van der Waals surface area contributed by atoms with Gasteiger partial charge in [-0.2, -0.15) is 0 Å². The summed E-state index contributed by atoms with van der Waals surface area (Å²) in [6.45, 7) is 2.71. The van der Waals surface area contributed by atoms with Crippen LogP contribution < -0.4 is 0 Å². The minimum absolute atomic E-state index is 0.0741. The van der Waals surface area contributed by atoms with Gasteiger partial charge in [0.25, 0.3) is 0 Å². The second-order valence-corrected chi connectivity index (χ2v) is 7.48. The summed E-state index contributed by atoms with van der Waals surface area (Å²) in [5.41, 5.74) is 4.01. The number of aliphatic hydroxyl groups is 1. The van der Waals surface area contributed by atoms with Crippen molar-refractivity contribution in [2.24, 2.45) is 5.92 Å². The fraction of sp³-hybridized carbons (Fsp3) is 0.409. The van der Waals surface area contributed by atoms with Crippen LogP contribution in [0.3, 0.4) is 0 Å². The minimum Gasteiger partial charge on any atom is -0.393 e. The number of piperidine rings is 1. The second-order valence-electron chi connectivity index (χ2n) is 7.48. The molecule has 136 valence electrons. The lowest BCUT2D eigenvalue weighted by Gasteiger charge is -2.33. The summed E-state index contributed by atoms with van der Waals surface area (Å²) in [4.78, 5) is 14.8. The summed E-state index contributed by atoms with van der Waals surface area (Å²) in [7, 11) is 0. The van der Waals surface area contributed by atoms with Gasteiger partial charge >= 0.3 is 0 Å². The summed E-state index contributed by atoms with van der Waals surface area (Å²) in [5, 5.41) is 9.52. The van der Waals surface area contributed by atoms with Gasteiger partial charge in [-0.15, -0.1) is 0 Å². The van der Waals surface area contributed by atoms with Crippen molar-refractivity contribution >= 4 is 5.78 Å². The highest BCUT2D eigenvalue weighted by molar-refractivity contribution is 6.00. The standard InChI is InChI=1S/C16H21NO2.C6H3F/c18-14-7-9-17(10-8-14)11-13-6-5-12-3-1-2-4-15(12)16(13)19;7-6-2-1-4-3-5(4)6/h1-4,13-14,18H,5-11H2;1-3H. The molecule has 4 heteroatoms. The van der Waals surface area contributed by atoms with Crippen LogP contribution in [0.25, 0.3) is 11.1 Å². The van der Waals surface area contributed by atoms with Crippen molar-refractivity contribution in [3.8, 4) is 11.1 Å². The van der Waals surface area contributed by atoms with Crippen LogP contribution in [0, 0.1) is 11.7 Å². The number of benzene rings is 2. The molecular weight excluding hydrogens is 329 g/mol.